The van der Waals surface area contributed by atoms with Crippen molar-refractivity contribution < 1.29 is 22.8 Å². The van der Waals surface area contributed by atoms with Gasteiger partial charge in [0.15, 0.2) is 5.65 Å². The first-order valence-electron chi connectivity index (χ1n) is 9.22. The molecule has 8 nitrogen and oxygen atoms in total. The molecule has 2 aromatic heterocycles. The molecule has 2 aromatic carbocycles. The SMILES string of the molecule is COc1cc2c(cc1Br)c(N[C@H](C)c1cc([N+](=O)[O-])cc(C(F)(F)F)c1)nc1ccnn12. The Kier molecular flexibility index (Phi) is 5.41. The predicted octanol–water partition coefficient (Wildman–Crippen LogP) is 5.75. The molecule has 12 heteroatoms. The third-order valence-electron chi connectivity index (χ3n) is 4.93. The number of alkyl halides is 3. The molecule has 0 aliphatic rings. The van der Waals surface area contributed by atoms with Gasteiger partial charge in [-0.05, 0) is 40.5 Å². The Morgan fingerprint density at radius 1 is 1.25 bits per heavy atom. The first kappa shape index (κ1) is 21.8. The molecule has 4 rings (SSSR count). The zero-order valence-electron chi connectivity index (χ0n) is 16.6. The molecule has 0 saturated heterocycles. The summed E-state index contributed by atoms with van der Waals surface area (Å²) in [5.41, 5.74) is -0.467. The Hall–Kier alpha value is -3.41. The molecule has 166 valence electrons. The lowest BCUT2D eigenvalue weighted by Gasteiger charge is -2.19. The lowest BCUT2D eigenvalue weighted by atomic mass is 10.0. The van der Waals surface area contributed by atoms with E-state index in [1.807, 2.05) is 0 Å². The number of benzene rings is 2. The molecule has 1 atom stereocenters. The molecule has 1 N–H and O–H groups in total. The smallest absolute Gasteiger partial charge is 0.416 e. The van der Waals surface area contributed by atoms with Crippen LogP contribution in [-0.4, -0.2) is 26.6 Å². The number of methoxy groups -OCH3 is 1. The van der Waals surface area contributed by atoms with Crippen LogP contribution in [0.2, 0.25) is 0 Å². The second-order valence-electron chi connectivity index (χ2n) is 7.00. The number of aromatic nitrogens is 3. The molecule has 2 heterocycles. The van der Waals surface area contributed by atoms with Crippen molar-refractivity contribution >= 4 is 44.0 Å². The molecule has 0 saturated carbocycles. The Morgan fingerprint density at radius 3 is 2.66 bits per heavy atom. The van der Waals surface area contributed by atoms with Crippen molar-refractivity contribution in [3.8, 4) is 5.75 Å². The summed E-state index contributed by atoms with van der Waals surface area (Å²) in [7, 11) is 1.52. The summed E-state index contributed by atoms with van der Waals surface area (Å²) < 4.78 is 47.4. The number of nitro benzene ring substituents is 1. The van der Waals surface area contributed by atoms with Crippen LogP contribution in [-0.2, 0) is 6.18 Å². The van der Waals surface area contributed by atoms with Gasteiger partial charge in [0, 0.05) is 29.7 Å². The summed E-state index contributed by atoms with van der Waals surface area (Å²) >= 11 is 3.42. The molecule has 32 heavy (non-hydrogen) atoms. The van der Waals surface area contributed by atoms with Gasteiger partial charge in [0.1, 0.15) is 11.6 Å². The number of anilines is 1. The molecule has 4 aromatic rings. The molecular weight excluding hydrogens is 495 g/mol. The van der Waals surface area contributed by atoms with Gasteiger partial charge >= 0.3 is 6.18 Å². The summed E-state index contributed by atoms with van der Waals surface area (Å²) in [5, 5.41) is 19.2. The van der Waals surface area contributed by atoms with Gasteiger partial charge < -0.3 is 10.1 Å². The van der Waals surface area contributed by atoms with E-state index >= 15 is 0 Å². The monoisotopic (exact) mass is 509 g/mol. The fraction of sp³-hybridized carbons (Fsp3) is 0.200. The number of hydrogen-bond donors (Lipinski definition) is 1. The lowest BCUT2D eigenvalue weighted by molar-refractivity contribution is -0.385. The Labute approximate surface area is 187 Å². The molecule has 0 aliphatic heterocycles. The van der Waals surface area contributed by atoms with E-state index in [2.05, 4.69) is 31.3 Å². The molecule has 0 spiro atoms. The maximum Gasteiger partial charge on any atom is 0.416 e. The van der Waals surface area contributed by atoms with Crippen molar-refractivity contribution in [2.24, 2.45) is 0 Å². The van der Waals surface area contributed by atoms with Gasteiger partial charge in [-0.3, -0.25) is 10.1 Å². The first-order chi connectivity index (χ1) is 15.1. The predicted molar refractivity (Wildman–Crippen MR) is 115 cm³/mol. The summed E-state index contributed by atoms with van der Waals surface area (Å²) in [5.74, 6) is 0.942. The van der Waals surface area contributed by atoms with Crippen LogP contribution in [0.25, 0.3) is 16.6 Å². The van der Waals surface area contributed by atoms with Crippen molar-refractivity contribution in [3.05, 3.63) is 68.3 Å². The molecule has 0 fully saturated rings. The lowest BCUT2D eigenvalue weighted by Crippen LogP contribution is -2.13. The van der Waals surface area contributed by atoms with Gasteiger partial charge in [-0.15, -0.1) is 0 Å². The van der Waals surface area contributed by atoms with E-state index in [0.29, 0.717) is 38.7 Å². The third-order valence-corrected chi connectivity index (χ3v) is 5.55. The number of fused-ring (bicyclic) bond motifs is 3. The number of nitrogens with one attached hydrogen (secondary N) is 1. The van der Waals surface area contributed by atoms with E-state index in [9.17, 15) is 23.3 Å². The number of ether oxygens (including phenoxy) is 1. The normalized spacial score (nSPS) is 12.8. The molecule has 0 unspecified atom stereocenters. The van der Waals surface area contributed by atoms with Gasteiger partial charge in [0.05, 0.1) is 39.8 Å². The number of rotatable bonds is 5. The minimum absolute atomic E-state index is 0.0995. The Balaban J connectivity index is 1.83. The second-order valence-corrected chi connectivity index (χ2v) is 7.85. The van der Waals surface area contributed by atoms with Gasteiger partial charge in [0.2, 0.25) is 0 Å². The van der Waals surface area contributed by atoms with Crippen molar-refractivity contribution in [1.29, 1.82) is 0 Å². The molecule has 0 amide bonds. The van der Waals surface area contributed by atoms with Crippen LogP contribution >= 0.6 is 15.9 Å². The molecule has 0 aliphatic carbocycles. The van der Waals surface area contributed by atoms with E-state index in [0.717, 1.165) is 12.1 Å². The van der Waals surface area contributed by atoms with Crippen LogP contribution in [0.15, 0.2) is 47.1 Å². The number of hydrogen-bond acceptors (Lipinski definition) is 6. The van der Waals surface area contributed by atoms with Crippen LogP contribution in [0, 0.1) is 10.1 Å². The fourth-order valence-electron chi connectivity index (χ4n) is 3.36. The van der Waals surface area contributed by atoms with Crippen molar-refractivity contribution in [2.45, 2.75) is 19.1 Å². The number of nitrogens with zero attached hydrogens (tertiary/aromatic N) is 4. The fourth-order valence-corrected chi connectivity index (χ4v) is 3.86. The van der Waals surface area contributed by atoms with Crippen LogP contribution < -0.4 is 10.1 Å². The topological polar surface area (TPSA) is 94.6 Å². The van der Waals surface area contributed by atoms with E-state index in [1.165, 1.54) is 7.11 Å². The minimum atomic E-state index is -4.72. The largest absolute Gasteiger partial charge is 0.495 e. The first-order valence-corrected chi connectivity index (χ1v) is 10.0. The van der Waals surface area contributed by atoms with Crippen molar-refractivity contribution in [3.63, 3.8) is 0 Å². The van der Waals surface area contributed by atoms with Crippen molar-refractivity contribution in [2.75, 3.05) is 12.4 Å². The molecular formula is C20H15BrF3N5O3. The van der Waals surface area contributed by atoms with E-state index in [1.54, 1.807) is 35.8 Å². The van der Waals surface area contributed by atoms with E-state index in [4.69, 9.17) is 4.74 Å². The Morgan fingerprint density at radius 2 is 2.00 bits per heavy atom. The number of halogens is 4. The van der Waals surface area contributed by atoms with Crippen LogP contribution in [0.4, 0.5) is 24.7 Å². The van der Waals surface area contributed by atoms with Gasteiger partial charge in [-0.25, -0.2) is 9.50 Å². The highest BCUT2D eigenvalue weighted by Crippen LogP contribution is 2.37. The summed E-state index contributed by atoms with van der Waals surface area (Å²) in [6, 6.07) is 7.00. The number of non-ortho nitro benzene ring substituents is 1. The number of nitro groups is 1. The van der Waals surface area contributed by atoms with Crippen LogP contribution in [0.1, 0.15) is 24.1 Å². The quantitative estimate of drug-likeness (QED) is 0.271. The van der Waals surface area contributed by atoms with Gasteiger partial charge in [-0.1, -0.05) is 0 Å². The van der Waals surface area contributed by atoms with Gasteiger partial charge in [-0.2, -0.15) is 18.3 Å². The summed E-state index contributed by atoms with van der Waals surface area (Å²) in [4.78, 5) is 14.9. The van der Waals surface area contributed by atoms with Crippen molar-refractivity contribution in [1.82, 2.24) is 14.6 Å². The summed E-state index contributed by atoms with van der Waals surface area (Å²) in [6.07, 6.45) is -3.15. The second kappa shape index (κ2) is 7.93. The van der Waals surface area contributed by atoms with E-state index in [-0.39, 0.29) is 5.56 Å². The van der Waals surface area contributed by atoms with Gasteiger partial charge in [0.25, 0.3) is 5.69 Å². The molecule has 0 radical (unpaired) electrons. The maximum absolute atomic E-state index is 13.3. The summed E-state index contributed by atoms with van der Waals surface area (Å²) in [6.45, 7) is 1.60. The maximum atomic E-state index is 13.3. The third kappa shape index (κ3) is 3.93. The zero-order valence-corrected chi connectivity index (χ0v) is 18.2. The average Bonchev–Trinajstić information content (AvgIpc) is 3.21. The van der Waals surface area contributed by atoms with Crippen LogP contribution in [0.5, 0.6) is 5.75 Å². The highest BCUT2D eigenvalue weighted by atomic mass is 79.9. The zero-order chi connectivity index (χ0) is 23.2. The highest BCUT2D eigenvalue weighted by molar-refractivity contribution is 9.10. The molecule has 0 bridgehead atoms. The average molecular weight is 510 g/mol. The minimum Gasteiger partial charge on any atom is -0.495 e. The Bertz CT molecular complexity index is 1360. The highest BCUT2D eigenvalue weighted by Gasteiger charge is 2.33. The standard InChI is InChI=1S/C20H15BrF3N5O3/c1-10(11-5-12(20(22,23)24)7-13(6-11)29(30)31)26-19-14-8-15(21)17(32-2)9-16(14)28-18(27-19)3-4-25-28/h3-10H,1-2H3,(H,26,27)/t10-/m1/s1. The van der Waals surface area contributed by atoms with Crippen LogP contribution in [0.3, 0.4) is 0 Å². The van der Waals surface area contributed by atoms with E-state index < -0.39 is 28.4 Å².